The van der Waals surface area contributed by atoms with Crippen molar-refractivity contribution in [3.63, 3.8) is 0 Å². The molecule has 0 unspecified atom stereocenters. The van der Waals surface area contributed by atoms with Crippen LogP contribution in [0.15, 0.2) is 115 Å². The molecule has 42 heavy (non-hydrogen) atoms. The van der Waals surface area contributed by atoms with Crippen molar-refractivity contribution in [1.82, 2.24) is 14.9 Å². The lowest BCUT2D eigenvalue weighted by Gasteiger charge is -2.34. The first-order valence-corrected chi connectivity index (χ1v) is 14.8. The Kier molecular flexibility index (Phi) is 8.52. The maximum absolute atomic E-state index is 14.2. The van der Waals surface area contributed by atoms with Crippen molar-refractivity contribution in [2.75, 3.05) is 29.9 Å². The summed E-state index contributed by atoms with van der Waals surface area (Å²) in [4.78, 5) is 27.9. The number of nitrogens with one attached hydrogen (secondary N) is 1. The minimum atomic E-state index is -0.0340. The first kappa shape index (κ1) is 27.6. The van der Waals surface area contributed by atoms with Crippen molar-refractivity contribution < 1.29 is 4.79 Å². The Morgan fingerprint density at radius 2 is 1.57 bits per heavy atom. The van der Waals surface area contributed by atoms with Gasteiger partial charge in [0.05, 0.1) is 6.04 Å². The molecule has 1 saturated heterocycles. The summed E-state index contributed by atoms with van der Waals surface area (Å²) in [7, 11) is 0. The summed E-state index contributed by atoms with van der Waals surface area (Å²) in [6, 6.07) is 36.9. The number of hydrogen-bond acceptors (Lipinski definition) is 5. The number of nitrogens with zero attached hydrogens (tertiary/aromatic N) is 4. The van der Waals surface area contributed by atoms with Crippen LogP contribution in [0.5, 0.6) is 0 Å². The smallest absolute Gasteiger partial charge is 0.259 e. The number of fused-ring (bicyclic) bond motifs is 1. The molecule has 6 rings (SSSR count). The highest BCUT2D eigenvalue weighted by atomic mass is 16.2. The second kappa shape index (κ2) is 13.0. The minimum Gasteiger partial charge on any atom is -0.348 e. The van der Waals surface area contributed by atoms with E-state index in [0.29, 0.717) is 29.8 Å². The molecule has 1 amide bonds. The van der Waals surface area contributed by atoms with Gasteiger partial charge in [0, 0.05) is 24.8 Å². The standard InChI is InChI=1S/C36H37N5O/c1-27(30-12-6-3-7-13-30)38-36-37-21-18-34(39-36)41(35(42)33-17-16-31-14-8-9-15-32(31)24-33)26-29-19-22-40(23-20-29)25-28-10-4-2-5-11-28/h2-18,21,24,27,29H,19-20,22-23,25-26H2,1H3,(H,37,38,39)/t27-/m1/s1. The maximum Gasteiger partial charge on any atom is 0.259 e. The van der Waals surface area contributed by atoms with E-state index in [0.717, 1.165) is 48.8 Å². The van der Waals surface area contributed by atoms with E-state index < -0.39 is 0 Å². The summed E-state index contributed by atoms with van der Waals surface area (Å²) in [5, 5.41) is 5.60. The molecular weight excluding hydrogens is 518 g/mol. The van der Waals surface area contributed by atoms with Crippen molar-refractivity contribution in [2.24, 2.45) is 5.92 Å². The molecule has 4 aromatic carbocycles. The number of carbonyl (C=O) groups excluding carboxylic acids is 1. The van der Waals surface area contributed by atoms with Gasteiger partial charge < -0.3 is 5.32 Å². The topological polar surface area (TPSA) is 61.4 Å². The van der Waals surface area contributed by atoms with Gasteiger partial charge in [-0.15, -0.1) is 0 Å². The van der Waals surface area contributed by atoms with Gasteiger partial charge in [-0.1, -0.05) is 91.0 Å². The van der Waals surface area contributed by atoms with Gasteiger partial charge in [-0.05, 0) is 78.9 Å². The third kappa shape index (κ3) is 6.67. The molecule has 0 saturated carbocycles. The van der Waals surface area contributed by atoms with E-state index in [4.69, 9.17) is 4.98 Å². The molecule has 0 spiro atoms. The van der Waals surface area contributed by atoms with Gasteiger partial charge in [0.1, 0.15) is 5.82 Å². The fourth-order valence-electron chi connectivity index (χ4n) is 5.77. The van der Waals surface area contributed by atoms with Gasteiger partial charge in [-0.2, -0.15) is 4.98 Å². The normalized spacial score (nSPS) is 14.9. The van der Waals surface area contributed by atoms with Crippen LogP contribution in [0.1, 0.15) is 47.3 Å². The number of likely N-dealkylation sites (tertiary alicyclic amines) is 1. The fraction of sp³-hybridized carbons (Fsp3) is 0.250. The van der Waals surface area contributed by atoms with Gasteiger partial charge in [0.2, 0.25) is 5.95 Å². The molecule has 1 aliphatic rings. The average molecular weight is 556 g/mol. The molecule has 0 radical (unpaired) electrons. The molecular formula is C36H37N5O. The quantitative estimate of drug-likeness (QED) is 0.206. The molecule has 1 N–H and O–H groups in total. The SMILES string of the molecule is C[C@@H](Nc1nccc(N(CC2CCN(Cc3ccccc3)CC2)C(=O)c2ccc3ccccc3c2)n1)c1ccccc1. The van der Waals surface area contributed by atoms with Crippen LogP contribution in [0.3, 0.4) is 0 Å². The van der Waals surface area contributed by atoms with E-state index >= 15 is 0 Å². The molecule has 0 aliphatic carbocycles. The third-order valence-corrected chi connectivity index (χ3v) is 8.20. The van der Waals surface area contributed by atoms with Gasteiger partial charge >= 0.3 is 0 Å². The van der Waals surface area contributed by atoms with Gasteiger partial charge in [-0.25, -0.2) is 4.98 Å². The van der Waals surface area contributed by atoms with E-state index in [1.54, 1.807) is 6.20 Å². The van der Waals surface area contributed by atoms with Crippen LogP contribution in [-0.2, 0) is 6.54 Å². The number of piperidine rings is 1. The number of carbonyl (C=O) groups is 1. The van der Waals surface area contributed by atoms with Crippen molar-refractivity contribution in [3.05, 3.63) is 132 Å². The lowest BCUT2D eigenvalue weighted by Crippen LogP contribution is -2.41. The number of aromatic nitrogens is 2. The summed E-state index contributed by atoms with van der Waals surface area (Å²) < 4.78 is 0. The van der Waals surface area contributed by atoms with E-state index in [1.165, 1.54) is 5.56 Å². The summed E-state index contributed by atoms with van der Waals surface area (Å²) >= 11 is 0. The third-order valence-electron chi connectivity index (χ3n) is 8.20. The van der Waals surface area contributed by atoms with E-state index in [1.807, 2.05) is 59.5 Å². The van der Waals surface area contributed by atoms with Crippen molar-refractivity contribution >= 4 is 28.4 Å². The summed E-state index contributed by atoms with van der Waals surface area (Å²) in [6.45, 7) is 5.71. The number of anilines is 2. The Bertz CT molecular complexity index is 1620. The largest absolute Gasteiger partial charge is 0.348 e. The number of rotatable bonds is 9. The second-order valence-electron chi connectivity index (χ2n) is 11.2. The number of benzene rings is 4. The highest BCUT2D eigenvalue weighted by Crippen LogP contribution is 2.26. The van der Waals surface area contributed by atoms with E-state index in [9.17, 15) is 4.79 Å². The Morgan fingerprint density at radius 3 is 2.33 bits per heavy atom. The lowest BCUT2D eigenvalue weighted by atomic mass is 9.95. The number of hydrogen-bond donors (Lipinski definition) is 1. The summed E-state index contributed by atoms with van der Waals surface area (Å²) in [5.74, 6) is 1.49. The Morgan fingerprint density at radius 1 is 0.881 bits per heavy atom. The fourth-order valence-corrected chi connectivity index (χ4v) is 5.77. The Labute approximate surface area is 248 Å². The molecule has 0 bridgehead atoms. The Hall–Kier alpha value is -4.55. The zero-order valence-corrected chi connectivity index (χ0v) is 24.1. The van der Waals surface area contributed by atoms with Crippen LogP contribution in [0, 0.1) is 5.92 Å². The van der Waals surface area contributed by atoms with E-state index in [-0.39, 0.29) is 11.9 Å². The van der Waals surface area contributed by atoms with Crippen molar-refractivity contribution in [1.29, 1.82) is 0 Å². The van der Waals surface area contributed by atoms with Crippen LogP contribution in [-0.4, -0.2) is 40.4 Å². The van der Waals surface area contributed by atoms with Crippen molar-refractivity contribution in [2.45, 2.75) is 32.4 Å². The summed E-state index contributed by atoms with van der Waals surface area (Å²) in [5.41, 5.74) is 3.16. The maximum atomic E-state index is 14.2. The zero-order valence-electron chi connectivity index (χ0n) is 24.1. The molecule has 1 aromatic heterocycles. The van der Waals surface area contributed by atoms with Crippen LogP contribution in [0.25, 0.3) is 10.8 Å². The Balaban J connectivity index is 1.22. The monoisotopic (exact) mass is 555 g/mol. The van der Waals surface area contributed by atoms with E-state index in [2.05, 4.69) is 76.7 Å². The summed E-state index contributed by atoms with van der Waals surface area (Å²) in [6.07, 6.45) is 3.82. The number of amides is 1. The average Bonchev–Trinajstić information content (AvgIpc) is 3.05. The van der Waals surface area contributed by atoms with Gasteiger partial charge in [0.15, 0.2) is 0 Å². The lowest BCUT2D eigenvalue weighted by molar-refractivity contribution is 0.0974. The highest BCUT2D eigenvalue weighted by molar-refractivity contribution is 6.07. The molecule has 2 heterocycles. The molecule has 5 aromatic rings. The molecule has 1 aliphatic heterocycles. The molecule has 212 valence electrons. The first-order chi connectivity index (χ1) is 20.6. The van der Waals surface area contributed by atoms with Crippen molar-refractivity contribution in [3.8, 4) is 0 Å². The molecule has 6 nitrogen and oxygen atoms in total. The zero-order chi connectivity index (χ0) is 28.7. The van der Waals surface area contributed by atoms with Crippen LogP contribution < -0.4 is 10.2 Å². The molecule has 1 atom stereocenters. The van der Waals surface area contributed by atoms with Gasteiger partial charge in [0.25, 0.3) is 5.91 Å². The van der Waals surface area contributed by atoms with Crippen LogP contribution in [0.2, 0.25) is 0 Å². The molecule has 1 fully saturated rings. The van der Waals surface area contributed by atoms with Crippen LogP contribution >= 0.6 is 0 Å². The first-order valence-electron chi connectivity index (χ1n) is 14.8. The second-order valence-corrected chi connectivity index (χ2v) is 11.2. The van der Waals surface area contributed by atoms with Crippen LogP contribution in [0.4, 0.5) is 11.8 Å². The highest BCUT2D eigenvalue weighted by Gasteiger charge is 2.27. The van der Waals surface area contributed by atoms with Gasteiger partial charge in [-0.3, -0.25) is 14.6 Å². The molecule has 6 heteroatoms. The minimum absolute atomic E-state index is 0.0278. The predicted molar refractivity (Wildman–Crippen MR) is 171 cm³/mol. The predicted octanol–water partition coefficient (Wildman–Crippen LogP) is 7.36.